The number of rotatable bonds is 1. The number of hydrogen-bond acceptors (Lipinski definition) is 1. The van der Waals surface area contributed by atoms with Crippen molar-refractivity contribution < 1.29 is 0 Å². The molecule has 3 atom stereocenters. The van der Waals surface area contributed by atoms with Crippen molar-refractivity contribution >= 4 is 8.80 Å². The fourth-order valence-corrected chi connectivity index (χ4v) is 4.03. The van der Waals surface area contributed by atoms with E-state index in [0.717, 1.165) is 11.8 Å². The van der Waals surface area contributed by atoms with E-state index >= 15 is 0 Å². The van der Waals surface area contributed by atoms with Crippen LogP contribution in [0.4, 0.5) is 0 Å². The van der Waals surface area contributed by atoms with Gasteiger partial charge in [-0.3, -0.25) is 0 Å². The Morgan fingerprint density at radius 1 is 1.36 bits per heavy atom. The number of fused-ring (bicyclic) bond motifs is 2. The normalized spacial score (nSPS) is 36.2. The first-order valence-electron chi connectivity index (χ1n) is 5.78. The van der Waals surface area contributed by atoms with Crippen LogP contribution < -0.4 is 5.32 Å². The molecule has 0 aliphatic carbocycles. The van der Waals surface area contributed by atoms with Gasteiger partial charge in [0.1, 0.15) is 0 Å². The molecule has 2 aliphatic rings. The minimum absolute atomic E-state index is 0.618. The van der Waals surface area contributed by atoms with Gasteiger partial charge in [0.15, 0.2) is 0 Å². The third kappa shape index (κ3) is 1.56. The van der Waals surface area contributed by atoms with E-state index in [-0.39, 0.29) is 0 Å². The molecule has 2 heteroatoms. The van der Waals surface area contributed by atoms with Crippen LogP contribution in [0.3, 0.4) is 0 Å². The lowest BCUT2D eigenvalue weighted by Gasteiger charge is -2.39. The zero-order chi connectivity index (χ0) is 10.3. The lowest BCUT2D eigenvalue weighted by molar-refractivity contribution is 0.309. The molecule has 2 heterocycles. The van der Waals surface area contributed by atoms with Gasteiger partial charge in [-0.25, -0.2) is 0 Å². The van der Waals surface area contributed by atoms with E-state index in [2.05, 4.69) is 44.4 Å². The molecule has 2 rings (SSSR count). The van der Waals surface area contributed by atoms with E-state index in [0.29, 0.717) is 6.04 Å². The Kier molecular flexibility index (Phi) is 2.56. The zero-order valence-electron chi connectivity index (χ0n) is 9.67. The summed E-state index contributed by atoms with van der Waals surface area (Å²) in [6.45, 7) is 9.59. The topological polar surface area (TPSA) is 12.0 Å². The van der Waals surface area contributed by atoms with Gasteiger partial charge in [-0.05, 0) is 23.5 Å². The smallest absolute Gasteiger partial charge is 0.0670 e. The van der Waals surface area contributed by atoms with Crippen LogP contribution in [-0.2, 0) is 0 Å². The third-order valence-electron chi connectivity index (χ3n) is 3.72. The molecule has 1 nitrogen and oxygen atoms in total. The van der Waals surface area contributed by atoms with Crippen LogP contribution in [0.25, 0.3) is 0 Å². The standard InChI is InChI=1S/C12H21NSi/c1-8-7-10-5-6-11(14(3)4)12(13-10)9(8)2/h5-6,8-10,13-14H,7H2,1-4H3/t8-,9?,10?/m0/s1. The Balaban J connectivity index is 2.35. The van der Waals surface area contributed by atoms with E-state index in [9.17, 15) is 0 Å². The van der Waals surface area contributed by atoms with Crippen LogP contribution in [0.5, 0.6) is 0 Å². The zero-order valence-corrected chi connectivity index (χ0v) is 10.8. The highest BCUT2D eigenvalue weighted by atomic mass is 28.3. The van der Waals surface area contributed by atoms with Crippen molar-refractivity contribution in [3.8, 4) is 0 Å². The van der Waals surface area contributed by atoms with Crippen LogP contribution >= 0.6 is 0 Å². The molecule has 2 bridgehead atoms. The van der Waals surface area contributed by atoms with Crippen LogP contribution in [0, 0.1) is 11.8 Å². The van der Waals surface area contributed by atoms with E-state index in [1.807, 2.05) is 0 Å². The highest BCUT2D eigenvalue weighted by molar-refractivity contribution is 6.65. The van der Waals surface area contributed by atoms with Crippen molar-refractivity contribution in [2.24, 2.45) is 11.8 Å². The highest BCUT2D eigenvalue weighted by Gasteiger charge is 2.31. The van der Waals surface area contributed by atoms with Gasteiger partial charge in [0, 0.05) is 11.7 Å². The molecule has 0 aromatic heterocycles. The summed E-state index contributed by atoms with van der Waals surface area (Å²) < 4.78 is 0. The summed E-state index contributed by atoms with van der Waals surface area (Å²) >= 11 is 0. The molecule has 1 N–H and O–H groups in total. The van der Waals surface area contributed by atoms with Gasteiger partial charge in [0.05, 0.1) is 8.80 Å². The summed E-state index contributed by atoms with van der Waals surface area (Å²) in [5, 5.41) is 5.35. The van der Waals surface area contributed by atoms with Gasteiger partial charge in [0.2, 0.25) is 0 Å². The van der Waals surface area contributed by atoms with E-state index in [1.54, 1.807) is 10.9 Å². The average molecular weight is 207 g/mol. The van der Waals surface area contributed by atoms with E-state index in [1.165, 1.54) is 6.42 Å². The predicted molar refractivity (Wildman–Crippen MR) is 64.9 cm³/mol. The van der Waals surface area contributed by atoms with Crippen LogP contribution in [-0.4, -0.2) is 14.8 Å². The Morgan fingerprint density at radius 3 is 2.71 bits per heavy atom. The summed E-state index contributed by atoms with van der Waals surface area (Å²) in [5.41, 5.74) is 1.57. The molecule has 1 saturated heterocycles. The number of allylic oxidation sites excluding steroid dienone is 3. The maximum absolute atomic E-state index is 3.69. The number of piperidine rings is 1. The molecule has 0 amide bonds. The molecule has 0 aromatic carbocycles. The van der Waals surface area contributed by atoms with Gasteiger partial charge < -0.3 is 5.32 Å². The fraction of sp³-hybridized carbons (Fsp3) is 0.667. The largest absolute Gasteiger partial charge is 0.382 e. The van der Waals surface area contributed by atoms with Gasteiger partial charge in [-0.1, -0.05) is 39.1 Å². The first-order valence-corrected chi connectivity index (χ1v) is 8.67. The Labute approximate surface area is 88.9 Å². The van der Waals surface area contributed by atoms with Gasteiger partial charge >= 0.3 is 0 Å². The summed E-state index contributed by atoms with van der Waals surface area (Å²) in [4.78, 5) is 0. The Morgan fingerprint density at radius 2 is 2.07 bits per heavy atom. The highest BCUT2D eigenvalue weighted by Crippen LogP contribution is 2.34. The summed E-state index contributed by atoms with van der Waals surface area (Å²) in [7, 11) is -0.656. The summed E-state index contributed by atoms with van der Waals surface area (Å²) in [6.07, 6.45) is 6.07. The second-order valence-electron chi connectivity index (χ2n) is 5.14. The molecule has 14 heavy (non-hydrogen) atoms. The van der Waals surface area contributed by atoms with Crippen LogP contribution in [0.1, 0.15) is 20.3 Å². The SMILES string of the molecule is CC1C2=C([SiH](C)C)C=CC(C[C@@H]1C)N2. The minimum atomic E-state index is -0.656. The van der Waals surface area contributed by atoms with Crippen molar-refractivity contribution in [2.45, 2.75) is 39.4 Å². The van der Waals surface area contributed by atoms with E-state index < -0.39 is 8.80 Å². The summed E-state index contributed by atoms with van der Waals surface area (Å²) in [6, 6.07) is 0.618. The Bertz CT molecular complexity index is 291. The van der Waals surface area contributed by atoms with Crippen molar-refractivity contribution in [3.05, 3.63) is 23.0 Å². The molecule has 0 saturated carbocycles. The van der Waals surface area contributed by atoms with Crippen molar-refractivity contribution in [3.63, 3.8) is 0 Å². The third-order valence-corrected chi connectivity index (χ3v) is 5.46. The number of hydrogen-bond donors (Lipinski definition) is 1. The lowest BCUT2D eigenvalue weighted by atomic mass is 9.81. The molecule has 2 unspecified atom stereocenters. The minimum Gasteiger partial charge on any atom is -0.382 e. The maximum atomic E-state index is 3.69. The van der Waals surface area contributed by atoms with Crippen molar-refractivity contribution in [2.75, 3.05) is 0 Å². The lowest BCUT2D eigenvalue weighted by Crippen LogP contribution is -2.43. The molecular formula is C12H21NSi. The Hall–Kier alpha value is -0.503. The molecule has 0 spiro atoms. The number of dihydropyridines is 1. The monoisotopic (exact) mass is 207 g/mol. The predicted octanol–water partition coefficient (Wildman–Crippen LogP) is 2.47. The number of nitrogens with one attached hydrogen (secondary N) is 1. The van der Waals surface area contributed by atoms with Gasteiger partial charge in [0.25, 0.3) is 0 Å². The molecule has 2 aliphatic heterocycles. The average Bonchev–Trinajstić information content (AvgIpc) is 2.14. The van der Waals surface area contributed by atoms with Crippen LogP contribution in [0.2, 0.25) is 13.1 Å². The second-order valence-corrected chi connectivity index (χ2v) is 8.07. The molecule has 0 aromatic rings. The molecular weight excluding hydrogens is 186 g/mol. The van der Waals surface area contributed by atoms with Crippen LogP contribution in [0.15, 0.2) is 23.0 Å². The van der Waals surface area contributed by atoms with Gasteiger partial charge in [-0.15, -0.1) is 0 Å². The summed E-state index contributed by atoms with van der Waals surface area (Å²) in [5.74, 6) is 1.57. The second kappa shape index (κ2) is 3.57. The van der Waals surface area contributed by atoms with Crippen molar-refractivity contribution in [1.82, 2.24) is 5.32 Å². The molecule has 78 valence electrons. The molecule has 0 radical (unpaired) electrons. The maximum Gasteiger partial charge on any atom is 0.0670 e. The van der Waals surface area contributed by atoms with E-state index in [4.69, 9.17) is 0 Å². The fourth-order valence-electron chi connectivity index (χ4n) is 2.57. The first kappa shape index (κ1) is 10.0. The molecule has 1 fully saturated rings. The van der Waals surface area contributed by atoms with Crippen molar-refractivity contribution in [1.29, 1.82) is 0 Å². The van der Waals surface area contributed by atoms with Gasteiger partial charge in [-0.2, -0.15) is 0 Å². The quantitative estimate of drug-likeness (QED) is 0.651. The first-order chi connectivity index (χ1) is 6.59.